The normalized spacial score (nSPS) is 27.8. The van der Waals surface area contributed by atoms with E-state index in [2.05, 4.69) is 9.97 Å². The Labute approximate surface area is 135 Å². The van der Waals surface area contributed by atoms with Gasteiger partial charge in [0.05, 0.1) is 12.3 Å². The van der Waals surface area contributed by atoms with Gasteiger partial charge in [0.15, 0.2) is 6.23 Å². The molecule has 0 aliphatic carbocycles. The van der Waals surface area contributed by atoms with Crippen LogP contribution < -0.4 is 0 Å². The molecule has 0 spiro atoms. The molecule has 120 valence electrons. The molecule has 3 N–H and O–H groups in total. The van der Waals surface area contributed by atoms with Gasteiger partial charge < -0.3 is 24.6 Å². The lowest BCUT2D eigenvalue weighted by atomic mass is 10.1. The summed E-state index contributed by atoms with van der Waals surface area (Å²) in [6, 6.07) is 3.84. The predicted molar refractivity (Wildman–Crippen MR) is 83.9 cm³/mol. The second kappa shape index (κ2) is 5.66. The van der Waals surface area contributed by atoms with E-state index in [-0.39, 0.29) is 6.61 Å². The summed E-state index contributed by atoms with van der Waals surface area (Å²) in [7, 11) is 0. The molecule has 1 unspecified atom stereocenters. The Morgan fingerprint density at radius 2 is 2.09 bits per heavy atom. The molecule has 3 aromatic rings. The summed E-state index contributed by atoms with van der Waals surface area (Å²) >= 11 is 1.59. The van der Waals surface area contributed by atoms with Crippen LogP contribution in [0.25, 0.3) is 22.3 Å². The third kappa shape index (κ3) is 2.27. The third-order valence-corrected chi connectivity index (χ3v) is 4.78. The molecule has 23 heavy (non-hydrogen) atoms. The first-order valence-electron chi connectivity index (χ1n) is 7.17. The molecule has 0 amide bonds. The SMILES string of the molecule is OCC1O[C@@H](n2ccc3c(-c4ccsc4)ncnc32)[C@@H](O)[C@H]1O. The van der Waals surface area contributed by atoms with Crippen molar-refractivity contribution >= 4 is 22.4 Å². The second-order valence-electron chi connectivity index (χ2n) is 5.42. The lowest BCUT2D eigenvalue weighted by molar-refractivity contribution is -0.0508. The summed E-state index contributed by atoms with van der Waals surface area (Å²) in [4.78, 5) is 8.63. The molecule has 1 aliphatic heterocycles. The van der Waals surface area contributed by atoms with Gasteiger partial charge in [-0.25, -0.2) is 9.97 Å². The summed E-state index contributed by atoms with van der Waals surface area (Å²) in [6.45, 7) is -0.358. The minimum atomic E-state index is -1.14. The zero-order valence-corrected chi connectivity index (χ0v) is 12.8. The number of nitrogens with zero attached hydrogens (tertiary/aromatic N) is 3. The van der Waals surface area contributed by atoms with Gasteiger partial charge in [-0.05, 0) is 17.5 Å². The number of fused-ring (bicyclic) bond motifs is 1. The number of rotatable bonds is 3. The summed E-state index contributed by atoms with van der Waals surface area (Å²) in [6.07, 6.45) is -0.679. The zero-order chi connectivity index (χ0) is 16.0. The number of aliphatic hydroxyl groups is 3. The molecule has 0 aromatic carbocycles. The molecule has 1 saturated heterocycles. The molecule has 3 aromatic heterocycles. The fraction of sp³-hybridized carbons (Fsp3) is 0.333. The van der Waals surface area contributed by atoms with E-state index in [4.69, 9.17) is 4.74 Å². The van der Waals surface area contributed by atoms with Crippen molar-refractivity contribution in [2.45, 2.75) is 24.5 Å². The van der Waals surface area contributed by atoms with Crippen molar-refractivity contribution in [2.24, 2.45) is 0 Å². The number of thiophene rings is 1. The van der Waals surface area contributed by atoms with Crippen LogP contribution in [0.2, 0.25) is 0 Å². The molecule has 0 saturated carbocycles. The Kier molecular flexibility index (Phi) is 3.63. The van der Waals surface area contributed by atoms with Gasteiger partial charge in [0.2, 0.25) is 0 Å². The van der Waals surface area contributed by atoms with Gasteiger partial charge in [-0.2, -0.15) is 11.3 Å². The predicted octanol–water partition coefficient (Wildman–Crippen LogP) is 0.771. The third-order valence-electron chi connectivity index (χ3n) is 4.10. The quantitative estimate of drug-likeness (QED) is 0.655. The van der Waals surface area contributed by atoms with E-state index in [1.807, 2.05) is 22.9 Å². The minimum absolute atomic E-state index is 0.358. The van der Waals surface area contributed by atoms with Crippen LogP contribution in [-0.4, -0.2) is 54.8 Å². The number of aromatic nitrogens is 3. The van der Waals surface area contributed by atoms with E-state index in [1.165, 1.54) is 6.33 Å². The van der Waals surface area contributed by atoms with Gasteiger partial charge in [0.25, 0.3) is 0 Å². The highest BCUT2D eigenvalue weighted by Gasteiger charge is 2.43. The maximum Gasteiger partial charge on any atom is 0.164 e. The highest BCUT2D eigenvalue weighted by molar-refractivity contribution is 7.08. The lowest BCUT2D eigenvalue weighted by Gasteiger charge is -2.17. The maximum atomic E-state index is 10.2. The Bertz CT molecular complexity index is 819. The zero-order valence-electron chi connectivity index (χ0n) is 12.0. The van der Waals surface area contributed by atoms with E-state index >= 15 is 0 Å². The molecular weight excluding hydrogens is 318 g/mol. The van der Waals surface area contributed by atoms with Crippen molar-refractivity contribution in [1.82, 2.24) is 14.5 Å². The maximum absolute atomic E-state index is 10.2. The van der Waals surface area contributed by atoms with Crippen LogP contribution in [0, 0.1) is 0 Å². The molecule has 1 fully saturated rings. The standard InChI is InChI=1S/C15H15N3O4S/c19-5-10-12(20)13(21)15(22-10)18-3-1-9-11(8-2-4-23-6-8)16-7-17-14(9)18/h1-4,6-7,10,12-13,15,19-21H,5H2/t10?,12-,13-,15+/m0/s1. The molecule has 0 radical (unpaired) electrons. The van der Waals surface area contributed by atoms with E-state index in [1.54, 1.807) is 22.1 Å². The highest BCUT2D eigenvalue weighted by Crippen LogP contribution is 2.34. The summed E-state index contributed by atoms with van der Waals surface area (Å²) < 4.78 is 7.24. The summed E-state index contributed by atoms with van der Waals surface area (Å²) in [5, 5.41) is 34.2. The number of aliphatic hydroxyl groups excluding tert-OH is 3. The van der Waals surface area contributed by atoms with Crippen molar-refractivity contribution < 1.29 is 20.1 Å². The number of hydrogen-bond acceptors (Lipinski definition) is 7. The molecule has 7 nitrogen and oxygen atoms in total. The average Bonchev–Trinajstić information content (AvgIpc) is 3.28. The fourth-order valence-corrected chi connectivity index (χ4v) is 3.56. The van der Waals surface area contributed by atoms with Crippen LogP contribution in [0.5, 0.6) is 0 Å². The van der Waals surface area contributed by atoms with Crippen LogP contribution in [0.1, 0.15) is 6.23 Å². The molecule has 1 aliphatic rings. The van der Waals surface area contributed by atoms with Gasteiger partial charge >= 0.3 is 0 Å². The van der Waals surface area contributed by atoms with Crippen molar-refractivity contribution in [3.8, 4) is 11.3 Å². The Morgan fingerprint density at radius 1 is 1.22 bits per heavy atom. The first kappa shape index (κ1) is 14.7. The summed E-state index contributed by atoms with van der Waals surface area (Å²) in [5.74, 6) is 0. The average molecular weight is 333 g/mol. The van der Waals surface area contributed by atoms with Crippen molar-refractivity contribution in [3.05, 3.63) is 35.4 Å². The van der Waals surface area contributed by atoms with E-state index in [0.29, 0.717) is 5.65 Å². The van der Waals surface area contributed by atoms with Crippen LogP contribution >= 0.6 is 11.3 Å². The first-order valence-corrected chi connectivity index (χ1v) is 8.11. The Morgan fingerprint density at radius 3 is 2.78 bits per heavy atom. The fourth-order valence-electron chi connectivity index (χ4n) is 2.92. The van der Waals surface area contributed by atoms with Crippen molar-refractivity contribution in [3.63, 3.8) is 0 Å². The lowest BCUT2D eigenvalue weighted by Crippen LogP contribution is -2.33. The van der Waals surface area contributed by atoms with E-state index < -0.39 is 24.5 Å². The molecular formula is C15H15N3O4S. The van der Waals surface area contributed by atoms with Gasteiger partial charge in [-0.1, -0.05) is 0 Å². The van der Waals surface area contributed by atoms with Gasteiger partial charge in [0, 0.05) is 22.5 Å². The van der Waals surface area contributed by atoms with Crippen LogP contribution in [0.3, 0.4) is 0 Å². The Balaban J connectivity index is 1.80. The van der Waals surface area contributed by atoms with Crippen LogP contribution in [-0.2, 0) is 4.74 Å². The summed E-state index contributed by atoms with van der Waals surface area (Å²) in [5.41, 5.74) is 2.42. The molecule has 8 heteroatoms. The Hall–Kier alpha value is -1.84. The van der Waals surface area contributed by atoms with Crippen LogP contribution in [0.15, 0.2) is 35.4 Å². The number of hydrogen-bond donors (Lipinski definition) is 3. The van der Waals surface area contributed by atoms with Crippen LogP contribution in [0.4, 0.5) is 0 Å². The molecule has 4 atom stereocenters. The van der Waals surface area contributed by atoms with Gasteiger partial charge in [-0.15, -0.1) is 0 Å². The minimum Gasteiger partial charge on any atom is -0.394 e. The first-order chi connectivity index (χ1) is 11.2. The van der Waals surface area contributed by atoms with Gasteiger partial charge in [0.1, 0.15) is 30.3 Å². The van der Waals surface area contributed by atoms with Crippen molar-refractivity contribution in [1.29, 1.82) is 0 Å². The molecule has 4 heterocycles. The van der Waals surface area contributed by atoms with E-state index in [0.717, 1.165) is 16.6 Å². The molecule has 0 bridgehead atoms. The second-order valence-corrected chi connectivity index (χ2v) is 6.20. The largest absolute Gasteiger partial charge is 0.394 e. The monoisotopic (exact) mass is 333 g/mol. The van der Waals surface area contributed by atoms with Gasteiger partial charge in [-0.3, -0.25) is 0 Å². The topological polar surface area (TPSA) is 101 Å². The van der Waals surface area contributed by atoms with Crippen molar-refractivity contribution in [2.75, 3.05) is 6.61 Å². The van der Waals surface area contributed by atoms with E-state index in [9.17, 15) is 15.3 Å². The highest BCUT2D eigenvalue weighted by atomic mass is 32.1. The molecule has 4 rings (SSSR count). The smallest absolute Gasteiger partial charge is 0.164 e. The number of ether oxygens (including phenoxy) is 1.